The Hall–Kier alpha value is -1.34. The topological polar surface area (TPSA) is 74.8 Å². The Labute approximate surface area is 150 Å². The van der Waals surface area contributed by atoms with Crippen molar-refractivity contribution in [2.45, 2.75) is 64.5 Å². The van der Waals surface area contributed by atoms with Gasteiger partial charge in [-0.25, -0.2) is 4.98 Å². The van der Waals surface area contributed by atoms with E-state index in [4.69, 9.17) is 0 Å². The fourth-order valence-electron chi connectivity index (χ4n) is 2.17. The fourth-order valence-corrected chi connectivity index (χ4v) is 3.97. The van der Waals surface area contributed by atoms with Crippen molar-refractivity contribution in [3.05, 3.63) is 26.6 Å². The first-order chi connectivity index (χ1) is 11.1. The summed E-state index contributed by atoms with van der Waals surface area (Å²) in [7, 11) is 0. The number of rotatable bonds is 6. The molecular weight excluding hydrogens is 342 g/mol. The van der Waals surface area contributed by atoms with Crippen LogP contribution in [0.25, 0.3) is 10.2 Å². The Kier molecular flexibility index (Phi) is 5.75. The lowest BCUT2D eigenvalue weighted by molar-refractivity contribution is -0.121. The first kappa shape index (κ1) is 19.0. The molecule has 1 amide bonds. The molecule has 2 aromatic rings. The number of carbonyl (C=O) groups excluding carboxylic acids is 1. The Bertz CT molecular complexity index is 808. The molecular formula is C17H25N3O2S2. The van der Waals surface area contributed by atoms with E-state index in [-0.39, 0.29) is 22.3 Å². The van der Waals surface area contributed by atoms with E-state index in [9.17, 15) is 9.59 Å². The van der Waals surface area contributed by atoms with Crippen LogP contribution in [-0.4, -0.2) is 26.7 Å². The third-order valence-electron chi connectivity index (χ3n) is 4.27. The van der Waals surface area contributed by atoms with Gasteiger partial charge in [-0.1, -0.05) is 6.92 Å². The number of fused-ring (bicyclic) bond motifs is 1. The predicted molar refractivity (Wildman–Crippen MR) is 103 cm³/mol. The minimum Gasteiger partial charge on any atom is -0.350 e. The molecule has 1 unspecified atom stereocenters. The van der Waals surface area contributed by atoms with Gasteiger partial charge in [-0.2, -0.15) is 0 Å². The third kappa shape index (κ3) is 4.19. The van der Waals surface area contributed by atoms with Crippen molar-refractivity contribution in [2.24, 2.45) is 0 Å². The van der Waals surface area contributed by atoms with E-state index < -0.39 is 0 Å². The van der Waals surface area contributed by atoms with Crippen LogP contribution in [0.4, 0.5) is 0 Å². The number of H-pyrrole nitrogens is 1. The third-order valence-corrected chi connectivity index (χ3v) is 6.53. The van der Waals surface area contributed by atoms with Gasteiger partial charge in [-0.05, 0) is 46.6 Å². The lowest BCUT2D eigenvalue weighted by Crippen LogP contribution is -2.46. The van der Waals surface area contributed by atoms with Crippen molar-refractivity contribution >= 4 is 39.2 Å². The SMILES string of the molecule is CCC(C)(C)NC(=O)C(C)SCc1nc2sc(C)c(C)c2c(=O)[nH]1. The smallest absolute Gasteiger partial charge is 0.259 e. The summed E-state index contributed by atoms with van der Waals surface area (Å²) in [6.45, 7) is 11.9. The molecule has 132 valence electrons. The fraction of sp³-hybridized carbons (Fsp3) is 0.588. The Morgan fingerprint density at radius 1 is 1.42 bits per heavy atom. The summed E-state index contributed by atoms with van der Waals surface area (Å²) in [6, 6.07) is 0. The van der Waals surface area contributed by atoms with Gasteiger partial charge < -0.3 is 10.3 Å². The summed E-state index contributed by atoms with van der Waals surface area (Å²) < 4.78 is 0. The van der Waals surface area contributed by atoms with Gasteiger partial charge in [0.25, 0.3) is 5.56 Å². The second-order valence-electron chi connectivity index (χ2n) is 6.66. The average Bonchev–Trinajstić information content (AvgIpc) is 2.79. The number of nitrogens with one attached hydrogen (secondary N) is 2. The Balaban J connectivity index is 2.08. The lowest BCUT2D eigenvalue weighted by atomic mass is 10.0. The van der Waals surface area contributed by atoms with E-state index in [0.717, 1.165) is 21.7 Å². The normalized spacial score (nSPS) is 13.2. The van der Waals surface area contributed by atoms with Crippen LogP contribution in [0.1, 0.15) is 50.4 Å². The molecule has 2 heterocycles. The van der Waals surface area contributed by atoms with Gasteiger partial charge >= 0.3 is 0 Å². The molecule has 0 radical (unpaired) electrons. The molecule has 0 aromatic carbocycles. The number of amides is 1. The maximum atomic E-state index is 12.3. The first-order valence-corrected chi connectivity index (χ1v) is 9.93. The van der Waals surface area contributed by atoms with Crippen molar-refractivity contribution in [1.82, 2.24) is 15.3 Å². The van der Waals surface area contributed by atoms with Crippen molar-refractivity contribution < 1.29 is 4.79 Å². The van der Waals surface area contributed by atoms with Crippen molar-refractivity contribution in [3.63, 3.8) is 0 Å². The molecule has 0 fully saturated rings. The summed E-state index contributed by atoms with van der Waals surface area (Å²) in [5, 5.41) is 3.52. The van der Waals surface area contributed by atoms with E-state index in [0.29, 0.717) is 17.0 Å². The van der Waals surface area contributed by atoms with Crippen LogP contribution >= 0.6 is 23.1 Å². The maximum absolute atomic E-state index is 12.3. The molecule has 2 N–H and O–H groups in total. The van der Waals surface area contributed by atoms with Gasteiger partial charge in [0.1, 0.15) is 10.7 Å². The van der Waals surface area contributed by atoms with Crippen LogP contribution < -0.4 is 10.9 Å². The van der Waals surface area contributed by atoms with E-state index in [2.05, 4.69) is 15.3 Å². The van der Waals surface area contributed by atoms with Crippen molar-refractivity contribution in [2.75, 3.05) is 0 Å². The number of hydrogen-bond acceptors (Lipinski definition) is 5. The minimum atomic E-state index is -0.205. The number of aromatic nitrogens is 2. The molecule has 7 heteroatoms. The second-order valence-corrected chi connectivity index (χ2v) is 9.19. The Morgan fingerprint density at radius 3 is 2.71 bits per heavy atom. The Morgan fingerprint density at radius 2 is 2.08 bits per heavy atom. The molecule has 2 rings (SSSR count). The van der Waals surface area contributed by atoms with E-state index in [1.54, 1.807) is 0 Å². The number of aromatic amines is 1. The van der Waals surface area contributed by atoms with Gasteiger partial charge in [0.2, 0.25) is 5.91 Å². The molecule has 5 nitrogen and oxygen atoms in total. The first-order valence-electron chi connectivity index (χ1n) is 8.07. The quantitative estimate of drug-likeness (QED) is 0.819. The van der Waals surface area contributed by atoms with Crippen LogP contribution in [0.3, 0.4) is 0 Å². The second kappa shape index (κ2) is 7.27. The highest BCUT2D eigenvalue weighted by Gasteiger charge is 2.22. The van der Waals surface area contributed by atoms with Gasteiger partial charge in [0.15, 0.2) is 0 Å². The van der Waals surface area contributed by atoms with Gasteiger partial charge in [0.05, 0.1) is 16.4 Å². The summed E-state index contributed by atoms with van der Waals surface area (Å²) in [6.07, 6.45) is 0.874. The van der Waals surface area contributed by atoms with Crippen LogP contribution in [0.15, 0.2) is 4.79 Å². The molecule has 0 bridgehead atoms. The highest BCUT2D eigenvalue weighted by molar-refractivity contribution is 7.99. The summed E-state index contributed by atoms with van der Waals surface area (Å²) >= 11 is 3.02. The zero-order valence-electron chi connectivity index (χ0n) is 15.1. The average molecular weight is 368 g/mol. The number of thiophene rings is 1. The summed E-state index contributed by atoms with van der Waals surface area (Å²) in [5.74, 6) is 1.13. The van der Waals surface area contributed by atoms with E-state index >= 15 is 0 Å². The number of thioether (sulfide) groups is 1. The molecule has 1 atom stereocenters. The van der Waals surface area contributed by atoms with Crippen LogP contribution in [0.2, 0.25) is 0 Å². The number of hydrogen-bond donors (Lipinski definition) is 2. The zero-order chi connectivity index (χ0) is 18.1. The molecule has 2 aromatic heterocycles. The van der Waals surface area contributed by atoms with Crippen LogP contribution in [0, 0.1) is 13.8 Å². The van der Waals surface area contributed by atoms with Gasteiger partial charge in [-0.15, -0.1) is 23.1 Å². The summed E-state index contributed by atoms with van der Waals surface area (Å²) in [4.78, 5) is 33.8. The minimum absolute atomic E-state index is 0.0121. The van der Waals surface area contributed by atoms with E-state index in [1.165, 1.54) is 23.1 Å². The predicted octanol–water partition coefficient (Wildman–Crippen LogP) is 3.53. The van der Waals surface area contributed by atoms with Crippen molar-refractivity contribution in [3.8, 4) is 0 Å². The van der Waals surface area contributed by atoms with Crippen LogP contribution in [0.5, 0.6) is 0 Å². The largest absolute Gasteiger partial charge is 0.350 e. The lowest BCUT2D eigenvalue weighted by Gasteiger charge is -2.26. The number of carbonyl (C=O) groups is 1. The van der Waals surface area contributed by atoms with Gasteiger partial charge in [0, 0.05) is 10.4 Å². The van der Waals surface area contributed by atoms with Crippen molar-refractivity contribution in [1.29, 1.82) is 0 Å². The molecule has 0 saturated carbocycles. The highest BCUT2D eigenvalue weighted by atomic mass is 32.2. The van der Waals surface area contributed by atoms with Gasteiger partial charge in [-0.3, -0.25) is 9.59 Å². The molecule has 0 spiro atoms. The molecule has 24 heavy (non-hydrogen) atoms. The molecule has 0 aliphatic heterocycles. The molecule has 0 aliphatic carbocycles. The monoisotopic (exact) mass is 367 g/mol. The highest BCUT2D eigenvalue weighted by Crippen LogP contribution is 2.26. The number of aryl methyl sites for hydroxylation is 2. The molecule has 0 saturated heterocycles. The van der Waals surface area contributed by atoms with Crippen LogP contribution in [-0.2, 0) is 10.5 Å². The standard InChI is InChI=1S/C17H25N3O2S2/c1-7-17(5,6)20-14(21)11(4)23-8-12-18-15(22)13-9(2)10(3)24-16(13)19-12/h11H,7-8H2,1-6H3,(H,20,21)(H,18,19,22). The summed E-state index contributed by atoms with van der Waals surface area (Å²) in [5.41, 5.74) is 0.697. The molecule has 0 aliphatic rings. The number of nitrogens with zero attached hydrogens (tertiary/aromatic N) is 1. The zero-order valence-corrected chi connectivity index (χ0v) is 16.7. The van der Waals surface area contributed by atoms with E-state index in [1.807, 2.05) is 41.5 Å². The maximum Gasteiger partial charge on any atom is 0.259 e.